The van der Waals surface area contributed by atoms with Gasteiger partial charge in [0.2, 0.25) is 0 Å². The first kappa shape index (κ1) is 16.8. The summed E-state index contributed by atoms with van der Waals surface area (Å²) in [5, 5.41) is 14.3. The third-order valence-corrected chi connectivity index (χ3v) is 6.00. The first-order valence-corrected chi connectivity index (χ1v) is 9.00. The number of nitrogens with two attached hydrogens (primary N) is 1. The lowest BCUT2D eigenvalue weighted by molar-refractivity contribution is -0.207. The van der Waals surface area contributed by atoms with Gasteiger partial charge in [-0.25, -0.2) is 0 Å². The molecule has 3 rings (SSSR count). The van der Waals surface area contributed by atoms with Gasteiger partial charge in [-0.15, -0.1) is 5.10 Å². The molecule has 0 aromatic carbocycles. The second-order valence-electron chi connectivity index (χ2n) is 6.33. The number of ether oxygens (including phenoxy) is 1. The Balaban J connectivity index is 1.63. The van der Waals surface area contributed by atoms with Gasteiger partial charge in [-0.05, 0) is 30.8 Å². The summed E-state index contributed by atoms with van der Waals surface area (Å²) in [5.74, 6) is 0.0138. The van der Waals surface area contributed by atoms with Gasteiger partial charge in [-0.3, -0.25) is 4.79 Å². The van der Waals surface area contributed by atoms with Gasteiger partial charge < -0.3 is 20.5 Å². The van der Waals surface area contributed by atoms with Crippen molar-refractivity contribution in [1.82, 2.24) is 14.5 Å². The first-order chi connectivity index (χ1) is 11.1. The molecule has 2 fully saturated rings. The minimum Gasteiger partial charge on any atom is -0.392 e. The van der Waals surface area contributed by atoms with Crippen molar-refractivity contribution in [3.8, 4) is 0 Å². The van der Waals surface area contributed by atoms with Gasteiger partial charge in [0.05, 0.1) is 24.5 Å². The monoisotopic (exact) mass is 340 g/mol. The van der Waals surface area contributed by atoms with E-state index in [0.717, 1.165) is 18.5 Å². The van der Waals surface area contributed by atoms with E-state index in [4.69, 9.17) is 10.5 Å². The van der Waals surface area contributed by atoms with Crippen LogP contribution in [-0.2, 0) is 11.2 Å². The molecule has 2 heterocycles. The highest BCUT2D eigenvalue weighted by atomic mass is 32.1. The molecule has 1 aliphatic heterocycles. The third kappa shape index (κ3) is 2.88. The second kappa shape index (κ2) is 6.80. The molecule has 1 aromatic rings. The van der Waals surface area contributed by atoms with Crippen molar-refractivity contribution in [3.63, 3.8) is 0 Å². The van der Waals surface area contributed by atoms with E-state index in [1.54, 1.807) is 0 Å². The van der Waals surface area contributed by atoms with Crippen LogP contribution >= 0.6 is 11.5 Å². The van der Waals surface area contributed by atoms with Crippen molar-refractivity contribution in [2.24, 2.45) is 11.1 Å². The lowest BCUT2D eigenvalue weighted by atomic mass is 9.58. The summed E-state index contributed by atoms with van der Waals surface area (Å²) in [6, 6.07) is 0. The van der Waals surface area contributed by atoms with Gasteiger partial charge in [0.15, 0.2) is 0 Å². The van der Waals surface area contributed by atoms with Crippen LogP contribution < -0.4 is 5.73 Å². The Kier molecular flexibility index (Phi) is 4.96. The molecule has 128 valence electrons. The van der Waals surface area contributed by atoms with Crippen LogP contribution in [0.1, 0.15) is 41.6 Å². The molecule has 0 unspecified atom stereocenters. The molecule has 8 heteroatoms. The number of amides is 1. The fourth-order valence-corrected chi connectivity index (χ4v) is 4.42. The van der Waals surface area contributed by atoms with E-state index in [1.807, 2.05) is 11.8 Å². The van der Waals surface area contributed by atoms with Crippen LogP contribution in [0.2, 0.25) is 0 Å². The lowest BCUT2D eigenvalue weighted by Gasteiger charge is -2.56. The largest absolute Gasteiger partial charge is 0.392 e. The molecule has 2 atom stereocenters. The normalized spacial score (nSPS) is 26.3. The van der Waals surface area contributed by atoms with E-state index in [-0.39, 0.29) is 23.5 Å². The number of likely N-dealkylation sites (tertiary alicyclic amines) is 1. The lowest BCUT2D eigenvalue weighted by Crippen LogP contribution is -2.62. The average Bonchev–Trinajstić information content (AvgIpc) is 3.06. The van der Waals surface area contributed by atoms with Gasteiger partial charge >= 0.3 is 0 Å². The van der Waals surface area contributed by atoms with Crippen molar-refractivity contribution in [2.75, 3.05) is 26.2 Å². The summed E-state index contributed by atoms with van der Waals surface area (Å²) >= 11 is 1.17. The molecule has 1 saturated carbocycles. The zero-order chi connectivity index (χ0) is 16.4. The van der Waals surface area contributed by atoms with E-state index in [9.17, 15) is 9.90 Å². The van der Waals surface area contributed by atoms with Crippen LogP contribution in [0.5, 0.6) is 0 Å². The average molecular weight is 340 g/mol. The summed E-state index contributed by atoms with van der Waals surface area (Å²) in [4.78, 5) is 15.1. The molecule has 3 N–H and O–H groups in total. The number of carbonyl (C=O) groups is 1. The highest BCUT2D eigenvalue weighted by molar-refractivity contribution is 7.08. The van der Waals surface area contributed by atoms with Crippen molar-refractivity contribution in [3.05, 3.63) is 10.6 Å². The number of aliphatic hydroxyl groups is 1. The summed E-state index contributed by atoms with van der Waals surface area (Å²) in [6.45, 7) is 4.27. The summed E-state index contributed by atoms with van der Waals surface area (Å²) in [7, 11) is 0. The Bertz CT molecular complexity index is 557. The number of aliphatic hydroxyl groups excluding tert-OH is 1. The van der Waals surface area contributed by atoms with Crippen LogP contribution in [0, 0.1) is 5.41 Å². The van der Waals surface area contributed by atoms with Crippen LogP contribution in [0.4, 0.5) is 0 Å². The van der Waals surface area contributed by atoms with Gasteiger partial charge in [-0.1, -0.05) is 11.4 Å². The maximum absolute atomic E-state index is 12.6. The van der Waals surface area contributed by atoms with Gasteiger partial charge in [0, 0.05) is 31.5 Å². The van der Waals surface area contributed by atoms with Crippen LogP contribution in [-0.4, -0.2) is 63.9 Å². The molecule has 7 nitrogen and oxygen atoms in total. The number of hydrogen-bond donors (Lipinski definition) is 2. The van der Waals surface area contributed by atoms with Crippen molar-refractivity contribution in [2.45, 2.75) is 44.8 Å². The molecular formula is C15H24N4O3S. The molecule has 2 aliphatic rings. The van der Waals surface area contributed by atoms with Crippen molar-refractivity contribution in [1.29, 1.82) is 0 Å². The van der Waals surface area contributed by atoms with E-state index >= 15 is 0 Å². The number of aryl methyl sites for hydroxylation is 1. The molecule has 0 bridgehead atoms. The predicted molar refractivity (Wildman–Crippen MR) is 86.3 cm³/mol. The number of hydrogen-bond acceptors (Lipinski definition) is 7. The topological polar surface area (TPSA) is 102 Å². The number of piperidine rings is 1. The van der Waals surface area contributed by atoms with E-state index in [0.29, 0.717) is 44.0 Å². The number of aromatic nitrogens is 2. The van der Waals surface area contributed by atoms with Crippen molar-refractivity contribution >= 4 is 17.4 Å². The smallest absolute Gasteiger partial charge is 0.267 e. The quantitative estimate of drug-likeness (QED) is 0.806. The highest BCUT2D eigenvalue weighted by Gasteiger charge is 2.56. The Hall–Kier alpha value is -1.09. The molecule has 1 spiro atoms. The molecular weight excluding hydrogens is 316 g/mol. The summed E-state index contributed by atoms with van der Waals surface area (Å²) in [5.41, 5.74) is 6.07. The van der Waals surface area contributed by atoms with Crippen LogP contribution in [0.15, 0.2) is 0 Å². The zero-order valence-electron chi connectivity index (χ0n) is 13.4. The highest BCUT2D eigenvalue weighted by Crippen LogP contribution is 2.51. The molecule has 1 amide bonds. The fourth-order valence-electron chi connectivity index (χ4n) is 3.70. The SMILES string of the molecule is CCc1nnsc1C(=O)N1CCC2(CC1)[C@H](O)C[C@@H]2OCCN. The molecule has 0 radical (unpaired) electrons. The zero-order valence-corrected chi connectivity index (χ0v) is 14.2. The molecule has 1 saturated heterocycles. The van der Waals surface area contributed by atoms with Gasteiger partial charge in [-0.2, -0.15) is 0 Å². The maximum Gasteiger partial charge on any atom is 0.267 e. The Morgan fingerprint density at radius 2 is 2.26 bits per heavy atom. The van der Waals surface area contributed by atoms with Crippen LogP contribution in [0.25, 0.3) is 0 Å². The molecule has 1 aromatic heterocycles. The van der Waals surface area contributed by atoms with Gasteiger partial charge in [0.1, 0.15) is 4.88 Å². The second-order valence-corrected chi connectivity index (χ2v) is 7.08. The van der Waals surface area contributed by atoms with E-state index in [2.05, 4.69) is 9.59 Å². The number of carbonyl (C=O) groups excluding carboxylic acids is 1. The standard InChI is InChI=1S/C15H24N4O3S/c1-2-10-13(23-18-17-10)14(21)19-6-3-15(4-7-19)11(20)9-12(15)22-8-5-16/h11-12,20H,2-9,16H2,1H3/t11-,12+/m1/s1. The number of rotatable bonds is 5. The molecule has 23 heavy (non-hydrogen) atoms. The minimum atomic E-state index is -0.334. The Morgan fingerprint density at radius 3 is 2.87 bits per heavy atom. The fraction of sp³-hybridized carbons (Fsp3) is 0.800. The first-order valence-electron chi connectivity index (χ1n) is 8.22. The summed E-state index contributed by atoms with van der Waals surface area (Å²) in [6.07, 6.45) is 2.65. The molecule has 1 aliphatic carbocycles. The minimum absolute atomic E-state index is 0.0138. The van der Waals surface area contributed by atoms with Crippen molar-refractivity contribution < 1.29 is 14.6 Å². The number of nitrogens with zero attached hydrogens (tertiary/aromatic N) is 3. The van der Waals surface area contributed by atoms with E-state index < -0.39 is 0 Å². The Labute approximate surface area is 140 Å². The maximum atomic E-state index is 12.6. The van der Waals surface area contributed by atoms with Crippen LogP contribution in [0.3, 0.4) is 0 Å². The third-order valence-electron chi connectivity index (χ3n) is 5.25. The van der Waals surface area contributed by atoms with E-state index in [1.165, 1.54) is 11.5 Å². The van der Waals surface area contributed by atoms with Gasteiger partial charge in [0.25, 0.3) is 5.91 Å². The predicted octanol–water partition coefficient (Wildman–Crippen LogP) is 0.431. The summed E-state index contributed by atoms with van der Waals surface area (Å²) < 4.78 is 9.68. The Morgan fingerprint density at radius 1 is 1.52 bits per heavy atom.